The predicted octanol–water partition coefficient (Wildman–Crippen LogP) is 19.2. The van der Waals surface area contributed by atoms with Crippen LogP contribution in [0.3, 0.4) is 0 Å². The number of nitrogen functional groups attached to an aromatic ring is 1. The Morgan fingerprint density at radius 1 is 0.534 bits per heavy atom. The molecule has 7 N–H and O–H groups in total. The number of H-pyrrole nitrogens is 2. The van der Waals surface area contributed by atoms with Crippen molar-refractivity contribution in [2.45, 2.75) is 52.3 Å². The number of nitrogens with two attached hydrogens (primary N) is 1. The maximum Gasteiger partial charge on any atom is 0.387 e. The van der Waals surface area contributed by atoms with Crippen LogP contribution >= 0.6 is 108 Å². The van der Waals surface area contributed by atoms with Crippen LogP contribution in [0, 0.1) is 0 Å². The average molecular weight is 1820 g/mol. The van der Waals surface area contributed by atoms with Gasteiger partial charge in [0.05, 0.1) is 59.8 Å². The second-order valence-electron chi connectivity index (χ2n) is 24.2. The van der Waals surface area contributed by atoms with Crippen molar-refractivity contribution in [3.63, 3.8) is 0 Å². The van der Waals surface area contributed by atoms with Gasteiger partial charge in [0.1, 0.15) is 92.7 Å². The lowest BCUT2D eigenvalue weighted by Gasteiger charge is -2.17. The largest absolute Gasteiger partial charge is 0.477 e. The molecular formula is C71H55BrCl3F6N19O10S5Si. The number of pyridine rings is 5. The van der Waals surface area contributed by atoms with Crippen LogP contribution in [-0.4, -0.2) is 147 Å². The number of methoxy groups -OCH3 is 1. The number of aromatic amines is 2. The number of hydrogen-bond acceptors (Lipinski definition) is 28. The van der Waals surface area contributed by atoms with Gasteiger partial charge in [0.2, 0.25) is 0 Å². The van der Waals surface area contributed by atoms with Crippen LogP contribution in [0.1, 0.15) is 38.7 Å². The molecule has 116 heavy (non-hydrogen) atoms. The normalized spacial score (nSPS) is 11.1. The minimum absolute atomic E-state index is 0.0136. The fraction of sp³-hybridized carbons (Fsp3) is 0.141. The molecule has 0 aliphatic carbocycles. The van der Waals surface area contributed by atoms with Gasteiger partial charge in [0, 0.05) is 77.4 Å². The topological polar surface area (TPSA) is 389 Å². The van der Waals surface area contributed by atoms with Gasteiger partial charge in [-0.25, -0.2) is 14.3 Å². The van der Waals surface area contributed by atoms with Crippen LogP contribution < -0.4 is 30.6 Å². The summed E-state index contributed by atoms with van der Waals surface area (Å²) in [7, 11) is 0.0232. The highest BCUT2D eigenvalue weighted by Crippen LogP contribution is 2.41. The molecule has 16 rings (SSSR count). The van der Waals surface area contributed by atoms with Gasteiger partial charge in [-0.15, -0.1) is 0 Å². The van der Waals surface area contributed by atoms with Gasteiger partial charge in [0.25, 0.3) is 11.8 Å². The summed E-state index contributed by atoms with van der Waals surface area (Å²) in [5, 5.41) is 32.4. The van der Waals surface area contributed by atoms with Crippen molar-refractivity contribution in [2.24, 2.45) is 0 Å². The molecule has 0 atom stereocenters. The van der Waals surface area contributed by atoms with Crippen LogP contribution in [0.15, 0.2) is 169 Å². The second kappa shape index (κ2) is 39.8. The monoisotopic (exact) mass is 1820 g/mol. The number of nitrogens with one attached hydrogen (secondary N) is 4. The predicted molar refractivity (Wildman–Crippen MR) is 438 cm³/mol. The molecule has 13 aromatic heterocycles. The maximum absolute atomic E-state index is 13.2. The standard InChI is InChI=1S/C23H24ClF2N5O3SSi.C17H10ClF2N5O2S.C10H8ClF2N3O.C8H6N2O2S.C7H4N2O2S.C6H3BrN2S/c1-36(2,3)10-9-33-13-31-20(15-11-14(24)6-7-18(15)34-23(25)26)17(12-28-31)29-22(32)21-19-16(30-35-21)5-4-8-27-19;18-8-3-4-12(27-17(19)20)9(6-8)13-11(7-22-24-13)23-16(26)15-14-10(25-28-15)2-1-5-21-14;11-5-1-2-8(17-10(12)13)6(3-5)9-7(14)4-15-16-9;1-12-8(11)7-6-5(10-13-7)3-2-4-9-6;10-7(11)6-5-4(9-12-6)2-1-3-8-5;7-6-5-4(9-10-6)2-1-3-8-5/h4-8,11-12,23H,9-10,13H2,1-3H3,(H,29,32);1-7,17H,(H,22,24)(H,23,26);1-4,10H,14H2,(H,15,16);2-4H,1H3;1-3H,(H,10,11);1-3H. The number of hydrogen-bond donors (Lipinski definition) is 6. The van der Waals surface area contributed by atoms with Crippen LogP contribution in [0.5, 0.6) is 17.2 Å². The average Bonchev–Trinajstić information content (AvgIpc) is 1.59. The van der Waals surface area contributed by atoms with Gasteiger partial charge in [0.15, 0.2) is 9.75 Å². The molecule has 0 spiro atoms. The summed E-state index contributed by atoms with van der Waals surface area (Å²) in [4.78, 5) is 69.5. The molecular weight excluding hydrogens is 1770 g/mol. The molecule has 0 radical (unpaired) electrons. The molecule has 0 aliphatic heterocycles. The smallest absolute Gasteiger partial charge is 0.387 e. The number of amides is 2. The number of benzene rings is 3. The SMILES string of the molecule is Brc1snc2cccnc12.COC(=O)c1snc2cccnc12.C[Si](C)(C)CCOCn1ncc(NC(=O)c2snc3cccnc23)c1-c1cc(Cl)ccc1OC(F)F.Nc1cn[nH]c1-c1cc(Cl)ccc1OC(F)F.O=C(Nc1cn[nH]c1-c1cc(Cl)ccc1OC(F)F)c1snc2cccnc12.O=C(O)c1snc2cccnc12. The van der Waals surface area contributed by atoms with E-state index in [0.717, 1.165) is 72.5 Å². The molecule has 13 heterocycles. The Hall–Kier alpha value is -11.3. The van der Waals surface area contributed by atoms with Gasteiger partial charge in [-0.3, -0.25) is 44.7 Å². The summed E-state index contributed by atoms with van der Waals surface area (Å²) in [6.07, 6.45) is 12.3. The van der Waals surface area contributed by atoms with Crippen LogP contribution in [0.4, 0.5) is 43.4 Å². The summed E-state index contributed by atoms with van der Waals surface area (Å²) in [6, 6.07) is 31.5. The Morgan fingerprint density at radius 2 is 0.931 bits per heavy atom. The molecule has 29 nitrogen and oxygen atoms in total. The van der Waals surface area contributed by atoms with E-state index < -0.39 is 45.7 Å². The number of ether oxygens (including phenoxy) is 5. The van der Waals surface area contributed by atoms with Crippen molar-refractivity contribution in [1.82, 2.24) is 77.0 Å². The number of carbonyl (C=O) groups is 4. The van der Waals surface area contributed by atoms with E-state index in [-0.39, 0.29) is 63.0 Å². The first-order valence-corrected chi connectivity index (χ1v) is 42.5. The van der Waals surface area contributed by atoms with E-state index in [4.69, 9.17) is 55.1 Å². The fourth-order valence-electron chi connectivity index (χ4n) is 10.1. The van der Waals surface area contributed by atoms with Crippen molar-refractivity contribution in [2.75, 3.05) is 30.1 Å². The molecule has 45 heteroatoms. The zero-order valence-corrected chi connectivity index (χ0v) is 68.7. The van der Waals surface area contributed by atoms with E-state index in [1.165, 1.54) is 96.5 Å². The van der Waals surface area contributed by atoms with Crippen LogP contribution in [-0.2, 0) is 16.2 Å². The van der Waals surface area contributed by atoms with Gasteiger partial charge in [-0.1, -0.05) is 54.4 Å². The van der Waals surface area contributed by atoms with Gasteiger partial charge in [-0.05, 0) is 195 Å². The van der Waals surface area contributed by atoms with Crippen molar-refractivity contribution >= 4 is 212 Å². The zero-order chi connectivity index (χ0) is 82.7. The molecule has 598 valence electrons. The summed E-state index contributed by atoms with van der Waals surface area (Å²) < 4.78 is 123. The van der Waals surface area contributed by atoms with Gasteiger partial charge in [-0.2, -0.15) is 63.5 Å². The van der Waals surface area contributed by atoms with Crippen LogP contribution in [0.25, 0.3) is 88.9 Å². The van der Waals surface area contributed by atoms with Gasteiger partial charge >= 0.3 is 31.8 Å². The Bertz CT molecular complexity index is 6120. The third-order valence-corrected chi connectivity index (χ3v) is 22.5. The van der Waals surface area contributed by atoms with Crippen LogP contribution in [0.2, 0.25) is 40.8 Å². The first-order chi connectivity index (χ1) is 55.7. The number of rotatable bonds is 20. The minimum atomic E-state index is -3.05. The number of carboxylic acids is 1. The Morgan fingerprint density at radius 3 is 1.38 bits per heavy atom. The highest BCUT2D eigenvalue weighted by molar-refractivity contribution is 9.11. The second-order valence-corrected chi connectivity index (χ2v) is 36.3. The third kappa shape index (κ3) is 22.2. The maximum atomic E-state index is 13.2. The molecule has 0 unspecified atom stereocenters. The molecule has 0 bridgehead atoms. The van der Waals surface area contributed by atoms with Crippen molar-refractivity contribution in [3.8, 4) is 51.0 Å². The molecule has 0 aliphatic rings. The number of aromatic carboxylic acids is 1. The first-order valence-electron chi connectivity index (χ1n) is 33.0. The molecule has 0 fully saturated rings. The highest BCUT2D eigenvalue weighted by Gasteiger charge is 2.27. The van der Waals surface area contributed by atoms with Crippen molar-refractivity contribution in [1.29, 1.82) is 0 Å². The lowest BCUT2D eigenvalue weighted by Crippen LogP contribution is -2.22. The third-order valence-electron chi connectivity index (χ3n) is 15.2. The molecule has 0 saturated carbocycles. The minimum Gasteiger partial charge on any atom is -0.477 e. The Balaban J connectivity index is 0.000000146. The molecule has 0 saturated heterocycles. The number of carboxylic acid groups (broad SMARTS) is 1. The number of alkyl halides is 6. The van der Waals surface area contributed by atoms with E-state index in [9.17, 15) is 45.5 Å². The Kier molecular flexibility index (Phi) is 29.4. The quantitative estimate of drug-likeness (QED) is 0.0179. The first kappa shape index (κ1) is 85.6. The molecule has 2 amide bonds. The van der Waals surface area contributed by atoms with E-state index in [1.807, 2.05) is 18.2 Å². The molecule has 16 aromatic rings. The number of fused-ring (bicyclic) bond motifs is 5. The fourth-order valence-corrected chi connectivity index (χ4v) is 15.3. The van der Waals surface area contributed by atoms with Crippen molar-refractivity contribution < 1.29 is 74.3 Å². The van der Waals surface area contributed by atoms with Gasteiger partial charge < -0.3 is 45.2 Å². The lowest BCUT2D eigenvalue weighted by atomic mass is 10.1. The Labute approximate surface area is 695 Å². The van der Waals surface area contributed by atoms with E-state index in [1.54, 1.807) is 73.4 Å². The number of esters is 1. The number of halogens is 10. The van der Waals surface area contributed by atoms with Crippen molar-refractivity contribution in [3.05, 3.63) is 203 Å². The number of anilines is 3. The van der Waals surface area contributed by atoms with E-state index in [2.05, 4.69) is 133 Å². The van der Waals surface area contributed by atoms with E-state index in [0.29, 0.717) is 97.6 Å². The number of carbonyl (C=O) groups excluding carboxylic acids is 3. The summed E-state index contributed by atoms with van der Waals surface area (Å²) in [5.41, 5.74) is 14.8. The summed E-state index contributed by atoms with van der Waals surface area (Å²) >= 11 is 26.9. The molecule has 3 aromatic carbocycles. The number of aromatic nitrogens is 16. The van der Waals surface area contributed by atoms with E-state index >= 15 is 0 Å². The zero-order valence-electron chi connectivity index (χ0n) is 59.7. The summed E-state index contributed by atoms with van der Waals surface area (Å²) in [5.74, 6) is -2.50. The number of nitrogens with zero attached hydrogens (tertiary/aromatic N) is 14. The summed E-state index contributed by atoms with van der Waals surface area (Å²) in [6.45, 7) is -1.72. The highest BCUT2D eigenvalue weighted by atomic mass is 79.9. The lowest BCUT2D eigenvalue weighted by molar-refractivity contribution is -0.0501.